The van der Waals surface area contributed by atoms with Crippen molar-refractivity contribution in [3.63, 3.8) is 0 Å². The molecule has 13 heavy (non-hydrogen) atoms. The number of aromatic carboxylic acids is 1. The van der Waals surface area contributed by atoms with E-state index in [0.717, 1.165) is 0 Å². The summed E-state index contributed by atoms with van der Waals surface area (Å²) in [5.41, 5.74) is -0.0689. The molecule has 0 aliphatic heterocycles. The third-order valence-electron chi connectivity index (χ3n) is 1.54. The molecule has 0 atom stereocenters. The summed E-state index contributed by atoms with van der Waals surface area (Å²) < 4.78 is 1.41. The van der Waals surface area contributed by atoms with Crippen LogP contribution in [0.25, 0.3) is 5.78 Å². The first-order chi connectivity index (χ1) is 6.18. The smallest absolute Gasteiger partial charge is 0.356 e. The first kappa shape index (κ1) is 8.00. The van der Waals surface area contributed by atoms with Crippen LogP contribution in [0.3, 0.4) is 0 Å². The Kier molecular flexibility index (Phi) is 1.66. The van der Waals surface area contributed by atoms with Gasteiger partial charge in [0.2, 0.25) is 5.78 Å². The Morgan fingerprint density at radius 2 is 2.38 bits per heavy atom. The van der Waals surface area contributed by atoms with Crippen molar-refractivity contribution in [2.75, 3.05) is 0 Å². The van der Waals surface area contributed by atoms with Crippen LogP contribution in [0.2, 0.25) is 5.15 Å². The summed E-state index contributed by atoms with van der Waals surface area (Å²) in [6.45, 7) is 0. The average Bonchev–Trinajstić information content (AvgIpc) is 2.49. The van der Waals surface area contributed by atoms with Crippen molar-refractivity contribution >= 4 is 23.3 Å². The van der Waals surface area contributed by atoms with Gasteiger partial charge in [0.25, 0.3) is 0 Å². The van der Waals surface area contributed by atoms with Gasteiger partial charge in [0.05, 0.1) is 0 Å². The average molecular weight is 198 g/mol. The number of aromatic nitrogens is 3. The van der Waals surface area contributed by atoms with E-state index in [2.05, 4.69) is 9.97 Å². The zero-order chi connectivity index (χ0) is 9.42. The van der Waals surface area contributed by atoms with Gasteiger partial charge in [-0.25, -0.2) is 14.8 Å². The maximum Gasteiger partial charge on any atom is 0.356 e. The number of carboxylic acids is 1. The molecule has 0 unspecified atom stereocenters. The van der Waals surface area contributed by atoms with E-state index >= 15 is 0 Å². The molecule has 2 aromatic heterocycles. The molecule has 0 radical (unpaired) electrons. The summed E-state index contributed by atoms with van der Waals surface area (Å²) in [7, 11) is 0. The van der Waals surface area contributed by atoms with Gasteiger partial charge >= 0.3 is 5.97 Å². The van der Waals surface area contributed by atoms with Crippen LogP contribution in [0.4, 0.5) is 0 Å². The zero-order valence-corrected chi connectivity index (χ0v) is 7.06. The van der Waals surface area contributed by atoms with Crippen molar-refractivity contribution in [1.29, 1.82) is 0 Å². The van der Waals surface area contributed by atoms with E-state index in [0.29, 0.717) is 5.15 Å². The van der Waals surface area contributed by atoms with E-state index in [4.69, 9.17) is 16.7 Å². The fraction of sp³-hybridized carbons (Fsp3) is 0. The lowest BCUT2D eigenvalue weighted by Gasteiger charge is -1.92. The van der Waals surface area contributed by atoms with Crippen molar-refractivity contribution in [3.8, 4) is 0 Å². The Hall–Kier alpha value is -1.62. The Morgan fingerprint density at radius 3 is 3.00 bits per heavy atom. The van der Waals surface area contributed by atoms with Gasteiger partial charge < -0.3 is 5.11 Å². The van der Waals surface area contributed by atoms with Gasteiger partial charge in [-0.1, -0.05) is 11.6 Å². The van der Waals surface area contributed by atoms with Gasteiger partial charge in [0, 0.05) is 12.4 Å². The highest BCUT2D eigenvalue weighted by molar-refractivity contribution is 6.29. The number of hydrogen-bond acceptors (Lipinski definition) is 3. The van der Waals surface area contributed by atoms with Gasteiger partial charge in [0.1, 0.15) is 5.15 Å². The third kappa shape index (κ3) is 1.23. The minimum absolute atomic E-state index is 0.0689. The van der Waals surface area contributed by atoms with Gasteiger partial charge in [-0.15, -0.1) is 0 Å². The van der Waals surface area contributed by atoms with Crippen molar-refractivity contribution < 1.29 is 9.90 Å². The first-order valence-electron chi connectivity index (χ1n) is 3.41. The zero-order valence-electron chi connectivity index (χ0n) is 6.31. The van der Waals surface area contributed by atoms with Crippen LogP contribution in [-0.2, 0) is 0 Å². The molecular formula is C7H4ClN3O2. The lowest BCUT2D eigenvalue weighted by Crippen LogP contribution is -1.95. The molecule has 0 fully saturated rings. The maximum atomic E-state index is 10.5. The molecule has 6 heteroatoms. The molecule has 0 amide bonds. The minimum Gasteiger partial charge on any atom is -0.476 e. The third-order valence-corrected chi connectivity index (χ3v) is 1.85. The molecule has 0 aliphatic rings. The van der Waals surface area contributed by atoms with Crippen LogP contribution in [0, 0.1) is 0 Å². The van der Waals surface area contributed by atoms with Crippen LogP contribution in [0.1, 0.15) is 10.5 Å². The van der Waals surface area contributed by atoms with Crippen molar-refractivity contribution in [1.82, 2.24) is 14.4 Å². The maximum absolute atomic E-state index is 10.5. The van der Waals surface area contributed by atoms with Gasteiger partial charge in [-0.3, -0.25) is 4.40 Å². The van der Waals surface area contributed by atoms with Crippen LogP contribution in [-0.4, -0.2) is 25.4 Å². The van der Waals surface area contributed by atoms with E-state index in [-0.39, 0.29) is 11.5 Å². The molecule has 2 rings (SSSR count). The Balaban J connectivity index is 2.75. The largest absolute Gasteiger partial charge is 0.476 e. The summed E-state index contributed by atoms with van der Waals surface area (Å²) in [4.78, 5) is 18.1. The Labute approximate surface area is 77.6 Å². The van der Waals surface area contributed by atoms with Crippen LogP contribution in [0.15, 0.2) is 18.5 Å². The van der Waals surface area contributed by atoms with Gasteiger partial charge in [0.15, 0.2) is 5.69 Å². The molecular weight excluding hydrogens is 194 g/mol. The lowest BCUT2D eigenvalue weighted by molar-refractivity contribution is 0.0691. The summed E-state index contributed by atoms with van der Waals surface area (Å²) in [5, 5.41) is 9.01. The molecule has 66 valence electrons. The highest BCUT2D eigenvalue weighted by Gasteiger charge is 2.10. The number of fused-ring (bicyclic) bond motifs is 1. The molecule has 1 N–H and O–H groups in total. The first-order valence-corrected chi connectivity index (χ1v) is 3.79. The highest BCUT2D eigenvalue weighted by atomic mass is 35.5. The molecule has 5 nitrogen and oxygen atoms in total. The monoisotopic (exact) mass is 197 g/mol. The number of imidazole rings is 1. The van der Waals surface area contributed by atoms with Crippen LogP contribution >= 0.6 is 11.6 Å². The van der Waals surface area contributed by atoms with Crippen molar-refractivity contribution in [2.24, 2.45) is 0 Å². The second-order valence-electron chi connectivity index (χ2n) is 2.37. The fourth-order valence-corrected chi connectivity index (χ4v) is 1.15. The van der Waals surface area contributed by atoms with Crippen LogP contribution in [0.5, 0.6) is 0 Å². The van der Waals surface area contributed by atoms with Crippen LogP contribution < -0.4 is 0 Å². The lowest BCUT2D eigenvalue weighted by atomic mass is 10.5. The van der Waals surface area contributed by atoms with E-state index in [1.54, 1.807) is 6.07 Å². The molecule has 0 spiro atoms. The predicted molar refractivity (Wildman–Crippen MR) is 45.0 cm³/mol. The highest BCUT2D eigenvalue weighted by Crippen LogP contribution is 2.10. The van der Waals surface area contributed by atoms with Gasteiger partial charge in [-0.2, -0.15) is 0 Å². The second kappa shape index (κ2) is 2.70. The van der Waals surface area contributed by atoms with E-state index < -0.39 is 5.97 Å². The quantitative estimate of drug-likeness (QED) is 0.695. The number of rotatable bonds is 1. The van der Waals surface area contributed by atoms with Crippen molar-refractivity contribution in [2.45, 2.75) is 0 Å². The number of carbonyl (C=O) groups is 1. The van der Waals surface area contributed by atoms with E-state index in [1.807, 2.05) is 0 Å². The Morgan fingerprint density at radius 1 is 1.62 bits per heavy atom. The molecule has 0 aliphatic carbocycles. The molecule has 0 saturated heterocycles. The number of carboxylic acid groups (broad SMARTS) is 1. The summed E-state index contributed by atoms with van der Waals surface area (Å²) in [6, 6.07) is 1.56. The molecule has 2 aromatic rings. The number of hydrogen-bond donors (Lipinski definition) is 1. The van der Waals surface area contributed by atoms with E-state index in [1.165, 1.54) is 16.8 Å². The predicted octanol–water partition coefficient (Wildman–Crippen LogP) is 1.08. The number of halogens is 1. The minimum atomic E-state index is -1.10. The second-order valence-corrected chi connectivity index (χ2v) is 2.76. The van der Waals surface area contributed by atoms with Gasteiger partial charge in [-0.05, 0) is 6.07 Å². The summed E-state index contributed by atoms with van der Waals surface area (Å²) in [6.07, 6.45) is 2.79. The standard InChI is InChI=1S/C7H4ClN3O2/c8-5-1-2-9-7-10-4(6(12)13)3-11(5)7/h1-3H,(H,12,13). The normalized spacial score (nSPS) is 10.5. The fourth-order valence-electron chi connectivity index (χ4n) is 0.968. The molecule has 2 heterocycles. The molecule has 0 aromatic carbocycles. The molecule has 0 saturated carbocycles. The van der Waals surface area contributed by atoms with E-state index in [9.17, 15) is 4.79 Å². The summed E-state index contributed by atoms with van der Waals surface area (Å²) in [5.74, 6) is -0.813. The summed E-state index contributed by atoms with van der Waals surface area (Å²) >= 11 is 5.77. The number of nitrogens with zero attached hydrogens (tertiary/aromatic N) is 3. The molecule has 0 bridgehead atoms. The topological polar surface area (TPSA) is 67.5 Å². The SMILES string of the molecule is O=C(O)c1cn2c(Cl)ccnc2n1. The Bertz CT molecular complexity index is 480. The van der Waals surface area contributed by atoms with Crippen molar-refractivity contribution in [3.05, 3.63) is 29.3 Å².